The third kappa shape index (κ3) is 10.00. The molecule has 4 nitrogen and oxygen atoms in total. The van der Waals surface area contributed by atoms with Crippen LogP contribution in [0.2, 0.25) is 0 Å². The second-order valence-corrected chi connectivity index (χ2v) is 5.40. The number of ether oxygens (including phenoxy) is 1. The molecule has 0 aromatic carbocycles. The molecule has 0 amide bonds. The van der Waals surface area contributed by atoms with E-state index in [2.05, 4.69) is 0 Å². The lowest BCUT2D eigenvalue weighted by Crippen LogP contribution is -2.27. The standard InChI is InChI=1S/C13H25NO3/c1-10(15)11(14)8-6-5-7-9-12(16)17-13(2,3)4/h11H,5-9,14H2,1-4H3. The van der Waals surface area contributed by atoms with Crippen molar-refractivity contribution in [1.29, 1.82) is 0 Å². The summed E-state index contributed by atoms with van der Waals surface area (Å²) >= 11 is 0. The van der Waals surface area contributed by atoms with Crippen LogP contribution in [0.4, 0.5) is 0 Å². The minimum Gasteiger partial charge on any atom is -0.460 e. The van der Waals surface area contributed by atoms with Gasteiger partial charge in [-0.3, -0.25) is 9.59 Å². The lowest BCUT2D eigenvalue weighted by molar-refractivity contribution is -0.154. The van der Waals surface area contributed by atoms with Gasteiger partial charge in [0.1, 0.15) is 11.4 Å². The van der Waals surface area contributed by atoms with Gasteiger partial charge in [-0.25, -0.2) is 0 Å². The van der Waals surface area contributed by atoms with Gasteiger partial charge in [0, 0.05) is 6.42 Å². The second-order valence-electron chi connectivity index (χ2n) is 5.40. The number of unbranched alkanes of at least 4 members (excludes halogenated alkanes) is 2. The number of rotatable bonds is 7. The van der Waals surface area contributed by atoms with Gasteiger partial charge < -0.3 is 10.5 Å². The Hall–Kier alpha value is -0.900. The number of Topliss-reactive ketones (excluding diaryl/α,β-unsaturated/α-hetero) is 1. The molecule has 0 saturated carbocycles. The highest BCUT2D eigenvalue weighted by atomic mass is 16.6. The van der Waals surface area contributed by atoms with E-state index in [4.69, 9.17) is 10.5 Å². The highest BCUT2D eigenvalue weighted by molar-refractivity contribution is 5.81. The SMILES string of the molecule is CC(=O)C(N)CCCCCC(=O)OC(C)(C)C. The predicted octanol–water partition coefficient (Wildman–Crippen LogP) is 2.19. The molecule has 0 radical (unpaired) electrons. The van der Waals surface area contributed by atoms with Crippen molar-refractivity contribution in [2.45, 2.75) is 71.4 Å². The Morgan fingerprint density at radius 1 is 1.18 bits per heavy atom. The fourth-order valence-corrected chi connectivity index (χ4v) is 1.41. The van der Waals surface area contributed by atoms with Crippen LogP contribution in [0.15, 0.2) is 0 Å². The molecule has 0 aromatic rings. The van der Waals surface area contributed by atoms with Crippen LogP contribution in [0.1, 0.15) is 59.8 Å². The second kappa shape index (κ2) is 7.43. The van der Waals surface area contributed by atoms with Crippen molar-refractivity contribution < 1.29 is 14.3 Å². The molecule has 0 saturated heterocycles. The fraction of sp³-hybridized carbons (Fsp3) is 0.846. The lowest BCUT2D eigenvalue weighted by atomic mass is 10.1. The Balaban J connectivity index is 3.52. The molecule has 1 unspecified atom stereocenters. The largest absolute Gasteiger partial charge is 0.460 e. The van der Waals surface area contributed by atoms with Gasteiger partial charge in [0.15, 0.2) is 0 Å². The van der Waals surface area contributed by atoms with E-state index in [0.717, 1.165) is 19.3 Å². The summed E-state index contributed by atoms with van der Waals surface area (Å²) in [6, 6.07) is -0.350. The fourth-order valence-electron chi connectivity index (χ4n) is 1.41. The zero-order valence-electron chi connectivity index (χ0n) is 11.4. The minimum atomic E-state index is -0.409. The molecule has 17 heavy (non-hydrogen) atoms. The van der Waals surface area contributed by atoms with E-state index >= 15 is 0 Å². The van der Waals surface area contributed by atoms with Crippen LogP contribution in [-0.4, -0.2) is 23.4 Å². The molecule has 0 fully saturated rings. The van der Waals surface area contributed by atoms with Crippen molar-refractivity contribution in [3.05, 3.63) is 0 Å². The van der Waals surface area contributed by atoms with E-state index in [1.54, 1.807) is 0 Å². The molecule has 0 spiro atoms. The zero-order chi connectivity index (χ0) is 13.5. The molecule has 1 atom stereocenters. The maximum atomic E-state index is 11.4. The van der Waals surface area contributed by atoms with Crippen molar-refractivity contribution in [2.75, 3.05) is 0 Å². The number of ketones is 1. The molecule has 0 aliphatic rings. The third-order valence-electron chi connectivity index (χ3n) is 2.34. The van der Waals surface area contributed by atoms with Crippen LogP contribution in [0.25, 0.3) is 0 Å². The highest BCUT2D eigenvalue weighted by Crippen LogP contribution is 2.11. The van der Waals surface area contributed by atoms with E-state index in [1.165, 1.54) is 6.92 Å². The first kappa shape index (κ1) is 16.1. The van der Waals surface area contributed by atoms with Crippen molar-refractivity contribution in [3.63, 3.8) is 0 Å². The van der Waals surface area contributed by atoms with Crippen LogP contribution in [0.5, 0.6) is 0 Å². The van der Waals surface area contributed by atoms with E-state index in [1.807, 2.05) is 20.8 Å². The summed E-state index contributed by atoms with van der Waals surface area (Å²) in [7, 11) is 0. The molecule has 0 bridgehead atoms. The van der Waals surface area contributed by atoms with E-state index in [-0.39, 0.29) is 17.8 Å². The summed E-state index contributed by atoms with van der Waals surface area (Å²) in [5, 5.41) is 0. The molecule has 4 heteroatoms. The summed E-state index contributed by atoms with van der Waals surface area (Å²) in [5.41, 5.74) is 5.19. The maximum Gasteiger partial charge on any atom is 0.306 e. The van der Waals surface area contributed by atoms with Crippen LogP contribution in [0.3, 0.4) is 0 Å². The number of hydrogen-bond acceptors (Lipinski definition) is 4. The Morgan fingerprint density at radius 2 is 1.76 bits per heavy atom. The van der Waals surface area contributed by atoms with Crippen molar-refractivity contribution in [2.24, 2.45) is 5.73 Å². The van der Waals surface area contributed by atoms with Crippen molar-refractivity contribution in [1.82, 2.24) is 0 Å². The molecule has 2 N–H and O–H groups in total. The molecular weight excluding hydrogens is 218 g/mol. The van der Waals surface area contributed by atoms with Gasteiger partial charge >= 0.3 is 5.97 Å². The molecule has 0 aromatic heterocycles. The summed E-state index contributed by atoms with van der Waals surface area (Å²) in [6.07, 6.45) is 3.71. The van der Waals surface area contributed by atoms with Crippen LogP contribution < -0.4 is 5.73 Å². The van der Waals surface area contributed by atoms with Crippen molar-refractivity contribution in [3.8, 4) is 0 Å². The van der Waals surface area contributed by atoms with Gasteiger partial charge in [-0.2, -0.15) is 0 Å². The number of carbonyl (C=O) groups excluding carboxylic acids is 2. The summed E-state index contributed by atoms with van der Waals surface area (Å²) < 4.78 is 5.19. The predicted molar refractivity (Wildman–Crippen MR) is 67.6 cm³/mol. The Morgan fingerprint density at radius 3 is 2.24 bits per heavy atom. The first-order valence-electron chi connectivity index (χ1n) is 6.20. The number of nitrogens with two attached hydrogens (primary N) is 1. The minimum absolute atomic E-state index is 0.0251. The first-order chi connectivity index (χ1) is 7.72. The highest BCUT2D eigenvalue weighted by Gasteiger charge is 2.15. The van der Waals surface area contributed by atoms with Crippen molar-refractivity contribution >= 4 is 11.8 Å². The molecule has 0 aliphatic heterocycles. The maximum absolute atomic E-state index is 11.4. The monoisotopic (exact) mass is 243 g/mol. The first-order valence-corrected chi connectivity index (χ1v) is 6.20. The summed E-state index contributed by atoms with van der Waals surface area (Å²) in [4.78, 5) is 22.2. The van der Waals surface area contributed by atoms with E-state index in [0.29, 0.717) is 12.8 Å². The van der Waals surface area contributed by atoms with Gasteiger partial charge in [0.2, 0.25) is 0 Å². The topological polar surface area (TPSA) is 69.4 Å². The molecule has 0 rings (SSSR count). The third-order valence-corrected chi connectivity index (χ3v) is 2.34. The molecular formula is C13H25NO3. The number of hydrogen-bond donors (Lipinski definition) is 1. The normalized spacial score (nSPS) is 13.2. The zero-order valence-corrected chi connectivity index (χ0v) is 11.4. The van der Waals surface area contributed by atoms with Gasteiger partial charge in [-0.15, -0.1) is 0 Å². The Labute approximate surface area is 104 Å². The molecule has 100 valence electrons. The van der Waals surface area contributed by atoms with Gasteiger partial charge in [-0.1, -0.05) is 12.8 Å². The Bertz CT molecular complexity index is 256. The smallest absolute Gasteiger partial charge is 0.306 e. The number of esters is 1. The molecule has 0 heterocycles. The van der Waals surface area contributed by atoms with Gasteiger partial charge in [0.05, 0.1) is 6.04 Å². The average molecular weight is 243 g/mol. The van der Waals surface area contributed by atoms with E-state index < -0.39 is 5.60 Å². The van der Waals surface area contributed by atoms with Crippen LogP contribution in [0, 0.1) is 0 Å². The Kier molecular flexibility index (Phi) is 7.04. The summed E-state index contributed by atoms with van der Waals surface area (Å²) in [6.45, 7) is 7.08. The molecule has 0 aliphatic carbocycles. The number of carbonyl (C=O) groups is 2. The van der Waals surface area contributed by atoms with E-state index in [9.17, 15) is 9.59 Å². The van der Waals surface area contributed by atoms with Gasteiger partial charge in [-0.05, 0) is 40.5 Å². The van der Waals surface area contributed by atoms with Crippen LogP contribution >= 0.6 is 0 Å². The van der Waals surface area contributed by atoms with Gasteiger partial charge in [0.25, 0.3) is 0 Å². The lowest BCUT2D eigenvalue weighted by Gasteiger charge is -2.19. The quantitative estimate of drug-likeness (QED) is 0.549. The van der Waals surface area contributed by atoms with Crippen LogP contribution in [-0.2, 0) is 14.3 Å². The summed E-state index contributed by atoms with van der Waals surface area (Å²) in [5.74, 6) is -0.134. The average Bonchev–Trinajstić information content (AvgIpc) is 2.13.